The van der Waals surface area contributed by atoms with Crippen LogP contribution >= 0.6 is 0 Å². The van der Waals surface area contributed by atoms with E-state index in [1.54, 1.807) is 11.0 Å². The Morgan fingerprint density at radius 2 is 2.09 bits per heavy atom. The molecule has 0 aromatic carbocycles. The van der Waals surface area contributed by atoms with Crippen LogP contribution in [0.5, 0.6) is 0 Å². The van der Waals surface area contributed by atoms with Crippen LogP contribution in [-0.4, -0.2) is 44.6 Å². The molecule has 3 N–H and O–H groups in total. The van der Waals surface area contributed by atoms with Gasteiger partial charge in [-0.05, 0) is 24.3 Å². The molecule has 6 nitrogen and oxygen atoms in total. The fourth-order valence-corrected chi connectivity index (χ4v) is 3.23. The molecule has 6 heteroatoms. The van der Waals surface area contributed by atoms with Crippen LogP contribution in [0.25, 0.3) is 0 Å². The second kappa shape index (κ2) is 6.43. The molecule has 1 aromatic heterocycles. The van der Waals surface area contributed by atoms with Crippen molar-refractivity contribution in [2.24, 2.45) is 17.8 Å². The Morgan fingerprint density at radius 3 is 2.61 bits per heavy atom. The minimum absolute atomic E-state index is 0.0285. The van der Waals surface area contributed by atoms with Gasteiger partial charge in [-0.25, -0.2) is 9.97 Å². The van der Waals surface area contributed by atoms with Crippen LogP contribution in [0.1, 0.15) is 50.8 Å². The Morgan fingerprint density at radius 1 is 1.43 bits per heavy atom. The van der Waals surface area contributed by atoms with Crippen LogP contribution in [0.4, 0.5) is 5.95 Å². The summed E-state index contributed by atoms with van der Waals surface area (Å²) < 4.78 is 0. The fourth-order valence-electron chi connectivity index (χ4n) is 3.23. The van der Waals surface area contributed by atoms with Crippen molar-refractivity contribution in [3.05, 3.63) is 17.5 Å². The maximum Gasteiger partial charge on any atom is 0.272 e. The lowest BCUT2D eigenvalue weighted by molar-refractivity contribution is -0.0244. The minimum Gasteiger partial charge on any atom is -0.387 e. The molecule has 1 aromatic rings. The number of amides is 1. The molecule has 2 rings (SSSR count). The summed E-state index contributed by atoms with van der Waals surface area (Å²) in [6, 6.07) is 1.72. The van der Waals surface area contributed by atoms with E-state index in [-0.39, 0.29) is 23.7 Å². The lowest BCUT2D eigenvalue weighted by Crippen LogP contribution is -2.43. The van der Waals surface area contributed by atoms with E-state index >= 15 is 0 Å². The number of carbonyl (C=O) groups is 1. The zero-order valence-electron chi connectivity index (χ0n) is 14.7. The van der Waals surface area contributed by atoms with Crippen LogP contribution in [0.3, 0.4) is 0 Å². The van der Waals surface area contributed by atoms with Crippen molar-refractivity contribution in [1.29, 1.82) is 0 Å². The number of likely N-dealkylation sites (tertiary alicyclic amines) is 1. The van der Waals surface area contributed by atoms with Crippen molar-refractivity contribution >= 4 is 11.9 Å². The van der Waals surface area contributed by atoms with E-state index in [2.05, 4.69) is 23.8 Å². The first-order valence-electron chi connectivity index (χ1n) is 8.28. The number of anilines is 1. The van der Waals surface area contributed by atoms with Gasteiger partial charge in [-0.15, -0.1) is 0 Å². The van der Waals surface area contributed by atoms with Crippen molar-refractivity contribution < 1.29 is 9.90 Å². The van der Waals surface area contributed by atoms with Gasteiger partial charge in [0.15, 0.2) is 0 Å². The quantitative estimate of drug-likeness (QED) is 0.881. The highest BCUT2D eigenvalue weighted by atomic mass is 16.3. The monoisotopic (exact) mass is 320 g/mol. The van der Waals surface area contributed by atoms with Gasteiger partial charge >= 0.3 is 0 Å². The van der Waals surface area contributed by atoms with Crippen LogP contribution in [-0.2, 0) is 6.42 Å². The number of carbonyl (C=O) groups excluding carboxylic acids is 1. The highest BCUT2D eigenvalue weighted by Crippen LogP contribution is 2.34. The molecule has 0 unspecified atom stereocenters. The molecule has 128 valence electrons. The van der Waals surface area contributed by atoms with E-state index in [4.69, 9.17) is 5.73 Å². The summed E-state index contributed by atoms with van der Waals surface area (Å²) in [5.74, 6) is 0.471. The molecule has 1 aliphatic heterocycles. The Kier molecular flexibility index (Phi) is 4.94. The number of nitrogens with zero attached hydrogens (tertiary/aromatic N) is 3. The minimum atomic E-state index is -0.852. The molecule has 0 radical (unpaired) electrons. The predicted molar refractivity (Wildman–Crippen MR) is 89.8 cm³/mol. The van der Waals surface area contributed by atoms with E-state index in [1.165, 1.54) is 0 Å². The van der Waals surface area contributed by atoms with Crippen LogP contribution in [0, 0.1) is 17.8 Å². The van der Waals surface area contributed by atoms with E-state index in [0.29, 0.717) is 24.7 Å². The molecule has 1 amide bonds. The first-order valence-corrected chi connectivity index (χ1v) is 8.28. The lowest BCUT2D eigenvalue weighted by Gasteiger charge is -2.30. The molecule has 0 aliphatic carbocycles. The standard InChI is InChI=1S/C17H28N4O2/c1-10(2)6-13-7-14(20-16(18)19-13)15(22)21-8-12(5)17(23,9-21)11(3)4/h7,10-12,23H,6,8-9H2,1-5H3,(H2,18,19,20)/t12-,17-/m1/s1. The maximum atomic E-state index is 12.8. The summed E-state index contributed by atoms with van der Waals surface area (Å²) in [4.78, 5) is 22.7. The van der Waals surface area contributed by atoms with Gasteiger partial charge in [-0.2, -0.15) is 0 Å². The highest BCUT2D eigenvalue weighted by molar-refractivity contribution is 5.93. The number of hydrogen-bond acceptors (Lipinski definition) is 5. The number of aliphatic hydroxyl groups is 1. The third-order valence-corrected chi connectivity index (χ3v) is 4.71. The predicted octanol–water partition coefficient (Wildman–Crippen LogP) is 1.74. The second-order valence-corrected chi connectivity index (χ2v) is 7.43. The molecule has 1 aliphatic rings. The average Bonchev–Trinajstić information content (AvgIpc) is 2.74. The van der Waals surface area contributed by atoms with Gasteiger partial charge in [0.2, 0.25) is 5.95 Å². The van der Waals surface area contributed by atoms with Crippen molar-refractivity contribution in [2.45, 2.75) is 46.6 Å². The fraction of sp³-hybridized carbons (Fsp3) is 0.706. The highest BCUT2D eigenvalue weighted by Gasteiger charge is 2.46. The average molecular weight is 320 g/mol. The summed E-state index contributed by atoms with van der Waals surface area (Å²) in [5, 5.41) is 10.8. The lowest BCUT2D eigenvalue weighted by atomic mass is 9.82. The first kappa shape index (κ1) is 17.7. The Bertz CT molecular complexity index is 588. The number of hydrogen-bond donors (Lipinski definition) is 2. The number of nitrogens with two attached hydrogens (primary N) is 1. The zero-order chi connectivity index (χ0) is 17.4. The van der Waals surface area contributed by atoms with Gasteiger partial charge in [0.25, 0.3) is 5.91 Å². The van der Waals surface area contributed by atoms with Gasteiger partial charge in [0, 0.05) is 18.2 Å². The van der Waals surface area contributed by atoms with E-state index in [9.17, 15) is 9.90 Å². The van der Waals surface area contributed by atoms with Crippen LogP contribution in [0.15, 0.2) is 6.07 Å². The molecule has 2 heterocycles. The molecular weight excluding hydrogens is 292 g/mol. The number of β-amino-alcohol motifs (C(OH)–C–C–N with tert-alkyl or cyclic N) is 1. The van der Waals surface area contributed by atoms with Gasteiger partial charge < -0.3 is 15.7 Å². The van der Waals surface area contributed by atoms with Gasteiger partial charge in [0.05, 0.1) is 12.1 Å². The van der Waals surface area contributed by atoms with Crippen molar-refractivity contribution in [1.82, 2.24) is 14.9 Å². The summed E-state index contributed by atoms with van der Waals surface area (Å²) in [6.45, 7) is 11.0. The van der Waals surface area contributed by atoms with Gasteiger partial charge in [0.1, 0.15) is 5.69 Å². The summed E-state index contributed by atoms with van der Waals surface area (Å²) >= 11 is 0. The van der Waals surface area contributed by atoms with Crippen LogP contribution in [0.2, 0.25) is 0 Å². The number of nitrogen functional groups attached to an aromatic ring is 1. The molecule has 1 fully saturated rings. The Balaban J connectivity index is 2.23. The Hall–Kier alpha value is -1.69. The summed E-state index contributed by atoms with van der Waals surface area (Å²) in [6.07, 6.45) is 0.749. The van der Waals surface area contributed by atoms with E-state index in [1.807, 2.05) is 20.8 Å². The summed E-state index contributed by atoms with van der Waals surface area (Å²) in [5.41, 5.74) is 6.00. The van der Waals surface area contributed by atoms with E-state index < -0.39 is 5.60 Å². The second-order valence-electron chi connectivity index (χ2n) is 7.43. The largest absolute Gasteiger partial charge is 0.387 e. The van der Waals surface area contributed by atoms with E-state index in [0.717, 1.165) is 12.1 Å². The van der Waals surface area contributed by atoms with Gasteiger partial charge in [-0.1, -0.05) is 34.6 Å². The maximum absolute atomic E-state index is 12.8. The van der Waals surface area contributed by atoms with Gasteiger partial charge in [-0.3, -0.25) is 4.79 Å². The topological polar surface area (TPSA) is 92.3 Å². The molecule has 2 atom stereocenters. The Labute approximate surface area is 138 Å². The number of aromatic nitrogens is 2. The normalized spacial score (nSPS) is 24.7. The summed E-state index contributed by atoms with van der Waals surface area (Å²) in [7, 11) is 0. The molecule has 1 saturated heterocycles. The molecule has 23 heavy (non-hydrogen) atoms. The van der Waals surface area contributed by atoms with Crippen molar-refractivity contribution in [2.75, 3.05) is 18.8 Å². The first-order chi connectivity index (χ1) is 10.6. The molecule has 0 bridgehead atoms. The number of rotatable bonds is 4. The van der Waals surface area contributed by atoms with Crippen LogP contribution < -0.4 is 5.73 Å². The van der Waals surface area contributed by atoms with Crippen molar-refractivity contribution in [3.63, 3.8) is 0 Å². The SMILES string of the molecule is CC(C)Cc1cc(C(=O)N2C[C@@H](C)[C@](O)(C(C)C)C2)nc(N)n1. The molecule has 0 spiro atoms. The smallest absolute Gasteiger partial charge is 0.272 e. The molecular formula is C17H28N4O2. The molecule has 0 saturated carbocycles. The third-order valence-electron chi connectivity index (χ3n) is 4.71. The van der Waals surface area contributed by atoms with Crippen molar-refractivity contribution in [3.8, 4) is 0 Å². The zero-order valence-corrected chi connectivity index (χ0v) is 14.7. The third kappa shape index (κ3) is 3.63.